The molecule has 0 aliphatic carbocycles. The highest BCUT2D eigenvalue weighted by Crippen LogP contribution is 2.30. The fraction of sp³-hybridized carbons (Fsp3) is 0.130. The second kappa shape index (κ2) is 11.0. The number of rotatable bonds is 8. The van der Waals surface area contributed by atoms with Crippen molar-refractivity contribution in [3.05, 3.63) is 71.8 Å². The van der Waals surface area contributed by atoms with Crippen molar-refractivity contribution in [2.24, 2.45) is 0 Å². The molecule has 2 rings (SSSR count). The minimum Gasteiger partial charge on any atom is -0.493 e. The lowest BCUT2D eigenvalue weighted by Crippen LogP contribution is -2.24. The molecule has 1 amide bonds. The number of carbonyl (C=O) groups is 3. The molecule has 158 valence electrons. The van der Waals surface area contributed by atoms with Gasteiger partial charge in [0, 0.05) is 13.5 Å². The van der Waals surface area contributed by atoms with Crippen LogP contribution in [0.1, 0.15) is 22.8 Å². The molecular weight excluding hydrogens is 400 g/mol. The zero-order valence-electron chi connectivity index (χ0n) is 17.0. The van der Waals surface area contributed by atoms with Gasteiger partial charge in [0.1, 0.15) is 17.4 Å². The first-order valence-corrected chi connectivity index (χ1v) is 9.07. The van der Waals surface area contributed by atoms with Crippen LogP contribution in [0.15, 0.2) is 60.7 Å². The first-order chi connectivity index (χ1) is 14.9. The van der Waals surface area contributed by atoms with E-state index in [2.05, 4.69) is 11.9 Å². The summed E-state index contributed by atoms with van der Waals surface area (Å²) in [4.78, 5) is 35.3. The van der Waals surface area contributed by atoms with Gasteiger partial charge in [-0.15, -0.1) is 6.58 Å². The van der Waals surface area contributed by atoms with Gasteiger partial charge in [-0.2, -0.15) is 5.26 Å². The van der Waals surface area contributed by atoms with E-state index in [0.29, 0.717) is 11.3 Å². The second-order valence-corrected chi connectivity index (χ2v) is 6.09. The van der Waals surface area contributed by atoms with Gasteiger partial charge >= 0.3 is 11.9 Å². The fourth-order valence-corrected chi connectivity index (χ4v) is 2.42. The lowest BCUT2D eigenvalue weighted by Gasteiger charge is -2.10. The van der Waals surface area contributed by atoms with E-state index in [-0.39, 0.29) is 29.2 Å². The number of benzene rings is 2. The van der Waals surface area contributed by atoms with Gasteiger partial charge in [-0.1, -0.05) is 12.1 Å². The van der Waals surface area contributed by atoms with Crippen LogP contribution in [0.4, 0.5) is 0 Å². The summed E-state index contributed by atoms with van der Waals surface area (Å²) in [5.74, 6) is -0.938. The van der Waals surface area contributed by atoms with E-state index >= 15 is 0 Å². The van der Waals surface area contributed by atoms with Gasteiger partial charge in [-0.05, 0) is 48.0 Å². The van der Waals surface area contributed by atoms with Crippen LogP contribution in [0.5, 0.6) is 17.2 Å². The molecule has 2 aromatic rings. The zero-order valence-corrected chi connectivity index (χ0v) is 17.0. The fourth-order valence-electron chi connectivity index (χ4n) is 2.42. The van der Waals surface area contributed by atoms with Crippen LogP contribution in [0.25, 0.3) is 6.08 Å². The van der Waals surface area contributed by atoms with E-state index in [1.165, 1.54) is 62.6 Å². The van der Waals surface area contributed by atoms with Crippen LogP contribution in [-0.2, 0) is 9.59 Å². The average molecular weight is 420 g/mol. The number of ether oxygens (including phenoxy) is 3. The molecule has 0 bridgehead atoms. The first-order valence-electron chi connectivity index (χ1n) is 9.07. The number of hydrogen-bond donors (Lipinski definition) is 1. The molecule has 2 aromatic carbocycles. The third kappa shape index (κ3) is 6.58. The van der Waals surface area contributed by atoms with E-state index < -0.39 is 17.8 Å². The SMILES string of the molecule is C=CCNC(=O)/C(C#N)=C/c1ccc(OC(=O)c2ccc(OC(C)=O)cc2)c(OC)c1. The molecule has 0 aliphatic rings. The molecule has 0 aromatic heterocycles. The second-order valence-electron chi connectivity index (χ2n) is 6.09. The topological polar surface area (TPSA) is 115 Å². The van der Waals surface area contributed by atoms with Gasteiger partial charge in [0.25, 0.3) is 5.91 Å². The molecule has 31 heavy (non-hydrogen) atoms. The first kappa shape index (κ1) is 22.9. The maximum atomic E-state index is 12.4. The Labute approximate surface area is 179 Å². The highest BCUT2D eigenvalue weighted by atomic mass is 16.6. The van der Waals surface area contributed by atoms with Crippen molar-refractivity contribution in [3.63, 3.8) is 0 Å². The third-order valence-electron chi connectivity index (χ3n) is 3.82. The molecule has 0 saturated carbocycles. The predicted molar refractivity (Wildman–Crippen MR) is 113 cm³/mol. The van der Waals surface area contributed by atoms with E-state index in [0.717, 1.165) is 0 Å². The van der Waals surface area contributed by atoms with Crippen LogP contribution in [0.2, 0.25) is 0 Å². The van der Waals surface area contributed by atoms with Crippen molar-refractivity contribution < 1.29 is 28.6 Å². The van der Waals surface area contributed by atoms with Crippen molar-refractivity contribution in [3.8, 4) is 23.3 Å². The smallest absolute Gasteiger partial charge is 0.343 e. The summed E-state index contributed by atoms with van der Waals surface area (Å²) in [5, 5.41) is 11.7. The van der Waals surface area contributed by atoms with Crippen LogP contribution in [0, 0.1) is 11.3 Å². The minimum absolute atomic E-state index is 0.0958. The number of nitrogens with one attached hydrogen (secondary N) is 1. The Morgan fingerprint density at radius 1 is 1.10 bits per heavy atom. The Morgan fingerprint density at radius 3 is 2.39 bits per heavy atom. The number of methoxy groups -OCH3 is 1. The van der Waals surface area contributed by atoms with Gasteiger partial charge in [0.05, 0.1) is 12.7 Å². The van der Waals surface area contributed by atoms with Crippen LogP contribution < -0.4 is 19.5 Å². The van der Waals surface area contributed by atoms with Crippen molar-refractivity contribution in [1.29, 1.82) is 5.26 Å². The third-order valence-corrected chi connectivity index (χ3v) is 3.82. The van der Waals surface area contributed by atoms with Gasteiger partial charge in [0.15, 0.2) is 11.5 Å². The molecule has 1 N–H and O–H groups in total. The van der Waals surface area contributed by atoms with Gasteiger partial charge in [-0.25, -0.2) is 4.79 Å². The van der Waals surface area contributed by atoms with Gasteiger partial charge < -0.3 is 19.5 Å². The number of carbonyl (C=O) groups excluding carboxylic acids is 3. The highest BCUT2D eigenvalue weighted by Gasteiger charge is 2.14. The molecule has 0 radical (unpaired) electrons. The molecular formula is C23H20N2O6. The molecule has 0 atom stereocenters. The van der Waals surface area contributed by atoms with Crippen LogP contribution in [0.3, 0.4) is 0 Å². The van der Waals surface area contributed by atoms with Gasteiger partial charge in [0.2, 0.25) is 0 Å². The Morgan fingerprint density at radius 2 is 1.81 bits per heavy atom. The minimum atomic E-state index is -0.641. The molecule has 0 saturated heterocycles. The molecule has 8 nitrogen and oxygen atoms in total. The molecule has 0 spiro atoms. The van der Waals surface area contributed by atoms with Crippen molar-refractivity contribution in [2.75, 3.05) is 13.7 Å². The molecule has 0 unspecified atom stereocenters. The van der Waals surface area contributed by atoms with Crippen LogP contribution >= 0.6 is 0 Å². The van der Waals surface area contributed by atoms with E-state index in [9.17, 15) is 19.6 Å². The normalized spacial score (nSPS) is 10.4. The Bertz CT molecular complexity index is 1060. The Kier molecular flexibility index (Phi) is 8.11. The maximum absolute atomic E-state index is 12.4. The average Bonchev–Trinajstić information content (AvgIpc) is 2.76. The zero-order chi connectivity index (χ0) is 22.8. The highest BCUT2D eigenvalue weighted by molar-refractivity contribution is 6.01. The van der Waals surface area contributed by atoms with Crippen molar-refractivity contribution in [2.45, 2.75) is 6.92 Å². The monoisotopic (exact) mass is 420 g/mol. The summed E-state index contributed by atoms with van der Waals surface area (Å²) < 4.78 is 15.6. The molecule has 0 aliphatic heterocycles. The number of hydrogen-bond acceptors (Lipinski definition) is 7. The number of nitriles is 1. The predicted octanol–water partition coefficient (Wildman–Crippen LogP) is 3.05. The summed E-state index contributed by atoms with van der Waals surface area (Å²) >= 11 is 0. The number of nitrogens with zero attached hydrogens (tertiary/aromatic N) is 1. The quantitative estimate of drug-likeness (QED) is 0.229. The summed E-state index contributed by atoms with van der Waals surface area (Å²) in [6, 6.07) is 12.3. The Hall–Kier alpha value is -4.38. The van der Waals surface area contributed by atoms with Crippen molar-refractivity contribution >= 4 is 23.9 Å². The number of amides is 1. The summed E-state index contributed by atoms with van der Waals surface area (Å²) in [6.45, 7) is 5.01. The largest absolute Gasteiger partial charge is 0.493 e. The van der Waals surface area contributed by atoms with Gasteiger partial charge in [-0.3, -0.25) is 9.59 Å². The summed E-state index contributed by atoms with van der Waals surface area (Å²) in [6.07, 6.45) is 2.89. The number of esters is 2. The maximum Gasteiger partial charge on any atom is 0.343 e. The van der Waals surface area contributed by atoms with E-state index in [4.69, 9.17) is 14.2 Å². The van der Waals surface area contributed by atoms with E-state index in [1.807, 2.05) is 6.07 Å². The van der Waals surface area contributed by atoms with Crippen molar-refractivity contribution in [1.82, 2.24) is 5.32 Å². The molecule has 8 heteroatoms. The molecule has 0 heterocycles. The lowest BCUT2D eigenvalue weighted by molar-refractivity contribution is -0.131. The van der Waals surface area contributed by atoms with E-state index in [1.54, 1.807) is 6.07 Å². The summed E-state index contributed by atoms with van der Waals surface area (Å²) in [7, 11) is 1.40. The van der Waals surface area contributed by atoms with Crippen LogP contribution in [-0.4, -0.2) is 31.5 Å². The summed E-state index contributed by atoms with van der Waals surface area (Å²) in [5.41, 5.74) is 0.654. The molecule has 0 fully saturated rings. The Balaban J connectivity index is 2.19. The lowest BCUT2D eigenvalue weighted by atomic mass is 10.1. The standard InChI is InChI=1S/C23H20N2O6/c1-4-11-25-22(27)18(14-24)12-16-5-10-20(21(13-16)29-3)31-23(28)17-6-8-19(9-7-17)30-15(2)26/h4-10,12-13H,1,11H2,2-3H3,(H,25,27)/b18-12+.